The lowest BCUT2D eigenvalue weighted by Gasteiger charge is -2.15. The van der Waals surface area contributed by atoms with Crippen LogP contribution in [0.2, 0.25) is 0 Å². The van der Waals surface area contributed by atoms with Gasteiger partial charge in [-0.05, 0) is 25.0 Å². The minimum Gasteiger partial charge on any atom is -0.461 e. The first-order valence-corrected chi connectivity index (χ1v) is 10.2. The molecule has 0 aliphatic rings. The van der Waals surface area contributed by atoms with Gasteiger partial charge < -0.3 is 10.2 Å². The van der Waals surface area contributed by atoms with Gasteiger partial charge in [0.05, 0.1) is 11.5 Å². The van der Waals surface area contributed by atoms with Gasteiger partial charge in [-0.15, -0.1) is 10.2 Å². The first kappa shape index (κ1) is 21.6. The van der Waals surface area contributed by atoms with Gasteiger partial charge in [0.15, 0.2) is 22.5 Å². The third-order valence-corrected chi connectivity index (χ3v) is 5.69. The number of hydrogen-bond acceptors (Lipinski definition) is 8. The number of carbonyl (C=O) groups is 1. The van der Waals surface area contributed by atoms with Gasteiger partial charge in [-0.1, -0.05) is 25.6 Å². The Kier molecular flexibility index (Phi) is 6.01. The summed E-state index contributed by atoms with van der Waals surface area (Å²) < 4.78 is 9.30. The van der Waals surface area contributed by atoms with Gasteiger partial charge in [-0.3, -0.25) is 23.3 Å². The van der Waals surface area contributed by atoms with Crippen LogP contribution in [0.5, 0.6) is 0 Å². The Labute approximate surface area is 176 Å². The van der Waals surface area contributed by atoms with Crippen LogP contribution in [-0.4, -0.2) is 34.9 Å². The van der Waals surface area contributed by atoms with E-state index in [0.29, 0.717) is 29.2 Å². The quantitative estimate of drug-likeness (QED) is 0.439. The van der Waals surface area contributed by atoms with Gasteiger partial charge in [0.1, 0.15) is 11.4 Å². The molecule has 3 rings (SSSR count). The van der Waals surface area contributed by atoms with Gasteiger partial charge in [0, 0.05) is 20.6 Å². The molecule has 0 radical (unpaired) electrons. The SMILES string of the molecule is CC(C)Cn1c(SC(C)C(=O)c2c(N)n(C)c(=O)n(C)c2=O)nnc1-c1ccco1. The second kappa shape index (κ2) is 8.34. The van der Waals surface area contributed by atoms with Gasteiger partial charge in [0.2, 0.25) is 0 Å². The van der Waals surface area contributed by atoms with Crippen LogP contribution in [0, 0.1) is 5.92 Å². The number of anilines is 1. The van der Waals surface area contributed by atoms with Crippen molar-refractivity contribution in [3.05, 3.63) is 44.8 Å². The molecule has 2 N–H and O–H groups in total. The zero-order chi connectivity index (χ0) is 22.2. The number of rotatable bonds is 7. The fourth-order valence-electron chi connectivity index (χ4n) is 3.00. The molecule has 3 aromatic rings. The molecule has 10 nitrogen and oxygen atoms in total. The van der Waals surface area contributed by atoms with Crippen LogP contribution < -0.4 is 17.0 Å². The van der Waals surface area contributed by atoms with Crippen LogP contribution in [-0.2, 0) is 20.6 Å². The Morgan fingerprint density at radius 2 is 1.90 bits per heavy atom. The van der Waals surface area contributed by atoms with Crippen molar-refractivity contribution in [3.8, 4) is 11.6 Å². The summed E-state index contributed by atoms with van der Waals surface area (Å²) in [6.07, 6.45) is 1.56. The van der Waals surface area contributed by atoms with Gasteiger partial charge in [-0.25, -0.2) is 4.79 Å². The third kappa shape index (κ3) is 3.84. The summed E-state index contributed by atoms with van der Waals surface area (Å²) in [5.41, 5.74) is 4.41. The van der Waals surface area contributed by atoms with E-state index in [1.165, 1.54) is 25.9 Å². The van der Waals surface area contributed by atoms with Crippen molar-refractivity contribution in [3.63, 3.8) is 0 Å². The van der Waals surface area contributed by atoms with Crippen molar-refractivity contribution in [2.45, 2.75) is 37.7 Å². The summed E-state index contributed by atoms with van der Waals surface area (Å²) in [5, 5.41) is 8.29. The van der Waals surface area contributed by atoms with E-state index in [-0.39, 0.29) is 11.4 Å². The number of hydrogen-bond donors (Lipinski definition) is 1. The lowest BCUT2D eigenvalue weighted by molar-refractivity contribution is 0.0992. The second-order valence-electron chi connectivity index (χ2n) is 7.38. The average Bonchev–Trinajstić information content (AvgIpc) is 3.35. The molecule has 11 heteroatoms. The van der Waals surface area contributed by atoms with E-state index in [1.54, 1.807) is 25.3 Å². The topological polar surface area (TPSA) is 131 Å². The minimum absolute atomic E-state index is 0.152. The predicted octanol–water partition coefficient (Wildman–Crippen LogP) is 1.54. The highest BCUT2D eigenvalue weighted by Gasteiger charge is 2.28. The van der Waals surface area contributed by atoms with Crippen molar-refractivity contribution in [1.29, 1.82) is 0 Å². The normalized spacial score (nSPS) is 12.5. The number of nitrogens with zero attached hydrogens (tertiary/aromatic N) is 5. The third-order valence-electron chi connectivity index (χ3n) is 4.61. The van der Waals surface area contributed by atoms with Crippen LogP contribution in [0.1, 0.15) is 31.1 Å². The maximum absolute atomic E-state index is 13.1. The molecule has 0 fully saturated rings. The molecule has 0 saturated heterocycles. The van der Waals surface area contributed by atoms with Crippen molar-refractivity contribution in [2.24, 2.45) is 20.0 Å². The number of nitrogen functional groups attached to an aromatic ring is 1. The molecular formula is C19H24N6O4S. The van der Waals surface area contributed by atoms with Crippen molar-refractivity contribution in [1.82, 2.24) is 23.9 Å². The summed E-state index contributed by atoms with van der Waals surface area (Å²) in [4.78, 5) is 37.6. The Balaban J connectivity index is 1.97. The first-order valence-electron chi connectivity index (χ1n) is 9.36. The molecule has 1 atom stereocenters. The monoisotopic (exact) mass is 432 g/mol. The molecule has 0 saturated carbocycles. The minimum atomic E-state index is -0.715. The summed E-state index contributed by atoms with van der Waals surface area (Å²) >= 11 is 1.17. The Morgan fingerprint density at radius 1 is 1.20 bits per heavy atom. The summed E-state index contributed by atoms with van der Waals surface area (Å²) in [7, 11) is 2.73. The number of aromatic nitrogens is 5. The Hall–Kier alpha value is -3.08. The van der Waals surface area contributed by atoms with Crippen LogP contribution in [0.4, 0.5) is 5.82 Å². The molecule has 0 aliphatic carbocycles. The second-order valence-corrected chi connectivity index (χ2v) is 8.69. The van der Waals surface area contributed by atoms with E-state index in [9.17, 15) is 14.4 Å². The van der Waals surface area contributed by atoms with E-state index in [2.05, 4.69) is 24.0 Å². The summed E-state index contributed by atoms with van der Waals surface area (Å²) in [6, 6.07) is 3.56. The summed E-state index contributed by atoms with van der Waals surface area (Å²) in [6.45, 7) is 6.40. The largest absolute Gasteiger partial charge is 0.461 e. The van der Waals surface area contributed by atoms with Gasteiger partial charge >= 0.3 is 5.69 Å². The number of carbonyl (C=O) groups excluding carboxylic acids is 1. The highest BCUT2D eigenvalue weighted by molar-refractivity contribution is 8.00. The number of thioether (sulfide) groups is 1. The number of ketones is 1. The average molecular weight is 433 g/mol. The lowest BCUT2D eigenvalue weighted by Crippen LogP contribution is -2.42. The Bertz CT molecular complexity index is 1190. The van der Waals surface area contributed by atoms with E-state index >= 15 is 0 Å². The molecule has 0 aliphatic heterocycles. The first-order chi connectivity index (χ1) is 14.1. The van der Waals surface area contributed by atoms with Crippen LogP contribution in [0.25, 0.3) is 11.6 Å². The smallest absolute Gasteiger partial charge is 0.332 e. The standard InChI is InChI=1S/C19H24N6O4S/c1-10(2)9-25-16(12-7-6-8-29-12)21-22-18(25)30-11(3)14(26)13-15(20)23(4)19(28)24(5)17(13)27/h6-8,10-11H,9,20H2,1-5H3. The van der Waals surface area contributed by atoms with E-state index in [0.717, 1.165) is 9.13 Å². The molecule has 160 valence electrons. The highest BCUT2D eigenvalue weighted by atomic mass is 32.2. The number of Topliss-reactive ketones (excluding diaryl/α,β-unsaturated/α-hetero) is 1. The van der Waals surface area contributed by atoms with Crippen LogP contribution in [0.3, 0.4) is 0 Å². The molecule has 0 amide bonds. The van der Waals surface area contributed by atoms with Crippen molar-refractivity contribution in [2.75, 3.05) is 5.73 Å². The number of furan rings is 1. The van der Waals surface area contributed by atoms with Crippen LogP contribution in [0.15, 0.2) is 37.6 Å². The molecule has 30 heavy (non-hydrogen) atoms. The number of nitrogens with two attached hydrogens (primary N) is 1. The molecular weight excluding hydrogens is 408 g/mol. The molecule has 3 aromatic heterocycles. The van der Waals surface area contributed by atoms with Gasteiger partial charge in [-0.2, -0.15) is 0 Å². The fraction of sp³-hybridized carbons (Fsp3) is 0.421. The van der Waals surface area contributed by atoms with Crippen LogP contribution >= 0.6 is 11.8 Å². The molecule has 3 heterocycles. The fourth-order valence-corrected chi connectivity index (χ4v) is 3.92. The van der Waals surface area contributed by atoms with E-state index in [4.69, 9.17) is 10.2 Å². The van der Waals surface area contributed by atoms with E-state index in [1.807, 2.05) is 4.57 Å². The van der Waals surface area contributed by atoms with Gasteiger partial charge in [0.25, 0.3) is 5.56 Å². The van der Waals surface area contributed by atoms with Crippen molar-refractivity contribution < 1.29 is 9.21 Å². The van der Waals surface area contributed by atoms with E-state index < -0.39 is 22.3 Å². The predicted molar refractivity (Wildman–Crippen MR) is 114 cm³/mol. The molecule has 0 bridgehead atoms. The molecule has 0 aromatic carbocycles. The molecule has 0 spiro atoms. The Morgan fingerprint density at radius 3 is 2.50 bits per heavy atom. The maximum atomic E-state index is 13.1. The zero-order valence-electron chi connectivity index (χ0n) is 17.4. The summed E-state index contributed by atoms with van der Waals surface area (Å²) in [5.74, 6) is 0.804. The molecule has 1 unspecified atom stereocenters. The van der Waals surface area contributed by atoms with Crippen molar-refractivity contribution >= 4 is 23.4 Å². The zero-order valence-corrected chi connectivity index (χ0v) is 18.3. The lowest BCUT2D eigenvalue weighted by atomic mass is 10.1. The highest BCUT2D eigenvalue weighted by Crippen LogP contribution is 2.29. The maximum Gasteiger partial charge on any atom is 0.332 e.